The number of halogens is 2. The van der Waals surface area contributed by atoms with Crippen molar-refractivity contribution in [1.29, 1.82) is 0 Å². The maximum atomic E-state index is 13.9. The zero-order chi connectivity index (χ0) is 23.6. The molecule has 0 amide bonds. The molecule has 2 atom stereocenters. The highest BCUT2D eigenvalue weighted by atomic mass is 19.1. The minimum atomic E-state index is -1.66. The van der Waals surface area contributed by atoms with E-state index >= 15 is 0 Å². The molecular formula is C25H32F2N2O4. The summed E-state index contributed by atoms with van der Waals surface area (Å²) in [6.45, 7) is 4.06. The molecular weight excluding hydrogens is 430 g/mol. The van der Waals surface area contributed by atoms with Crippen molar-refractivity contribution < 1.29 is 28.8 Å². The number of nitrogens with zero attached hydrogens (tertiary/aromatic N) is 2. The maximum absolute atomic E-state index is 13.9. The Morgan fingerprint density at radius 1 is 1.06 bits per heavy atom. The van der Waals surface area contributed by atoms with E-state index in [9.17, 15) is 24.1 Å². The molecule has 0 saturated carbocycles. The van der Waals surface area contributed by atoms with Crippen molar-refractivity contribution in [1.82, 2.24) is 4.90 Å². The van der Waals surface area contributed by atoms with Gasteiger partial charge in [-0.3, -0.25) is 4.90 Å². The van der Waals surface area contributed by atoms with Gasteiger partial charge in [0, 0.05) is 44.5 Å². The van der Waals surface area contributed by atoms with Crippen LogP contribution in [-0.2, 0) is 0 Å². The normalized spacial score (nSPS) is 25.8. The molecule has 8 heteroatoms. The van der Waals surface area contributed by atoms with Crippen LogP contribution in [0.4, 0.5) is 14.5 Å². The number of rotatable bonds is 6. The molecule has 6 nitrogen and oxygen atoms in total. The first-order chi connectivity index (χ1) is 15.7. The predicted molar refractivity (Wildman–Crippen MR) is 121 cm³/mol. The van der Waals surface area contributed by atoms with E-state index in [1.165, 1.54) is 5.56 Å². The number of aliphatic hydroxyl groups is 3. The van der Waals surface area contributed by atoms with Crippen molar-refractivity contribution in [2.45, 2.75) is 43.5 Å². The van der Waals surface area contributed by atoms with E-state index in [0.29, 0.717) is 25.9 Å². The zero-order valence-electron chi connectivity index (χ0n) is 18.9. The molecule has 2 fully saturated rings. The summed E-state index contributed by atoms with van der Waals surface area (Å²) in [7, 11) is 0. The Morgan fingerprint density at radius 3 is 2.55 bits per heavy atom. The van der Waals surface area contributed by atoms with Crippen LogP contribution in [0.1, 0.15) is 24.8 Å². The lowest BCUT2D eigenvalue weighted by molar-refractivity contribution is -0.149. The van der Waals surface area contributed by atoms with Gasteiger partial charge >= 0.3 is 0 Å². The number of piperidine rings is 2. The molecule has 0 aliphatic carbocycles. The Bertz CT molecular complexity index is 967. The molecule has 2 aliphatic rings. The second-order valence-electron chi connectivity index (χ2n) is 9.53. The Kier molecular flexibility index (Phi) is 6.91. The molecule has 33 heavy (non-hydrogen) atoms. The largest absolute Gasteiger partial charge is 0.487 e. The van der Waals surface area contributed by atoms with Crippen LogP contribution in [0.3, 0.4) is 0 Å². The minimum absolute atomic E-state index is 0.0645. The van der Waals surface area contributed by atoms with Crippen LogP contribution in [0, 0.1) is 18.6 Å². The first kappa shape index (κ1) is 23.9. The molecule has 2 heterocycles. The third-order valence-corrected chi connectivity index (χ3v) is 6.79. The van der Waals surface area contributed by atoms with Gasteiger partial charge in [-0.05, 0) is 56.0 Å². The van der Waals surface area contributed by atoms with Crippen molar-refractivity contribution in [2.24, 2.45) is 0 Å². The zero-order valence-corrected chi connectivity index (χ0v) is 18.9. The van der Waals surface area contributed by atoms with Crippen LogP contribution in [-0.4, -0.2) is 76.9 Å². The fourth-order valence-corrected chi connectivity index (χ4v) is 4.79. The van der Waals surface area contributed by atoms with Gasteiger partial charge in [-0.2, -0.15) is 0 Å². The molecule has 2 aromatic carbocycles. The van der Waals surface area contributed by atoms with Gasteiger partial charge in [0.05, 0.1) is 11.7 Å². The van der Waals surface area contributed by atoms with Crippen LogP contribution in [0.15, 0.2) is 42.5 Å². The third-order valence-electron chi connectivity index (χ3n) is 6.79. The van der Waals surface area contributed by atoms with Crippen molar-refractivity contribution in [3.05, 3.63) is 59.7 Å². The van der Waals surface area contributed by atoms with Crippen molar-refractivity contribution in [2.75, 3.05) is 44.2 Å². The highest BCUT2D eigenvalue weighted by molar-refractivity contribution is 5.48. The number of ether oxygens (including phenoxy) is 1. The van der Waals surface area contributed by atoms with Crippen molar-refractivity contribution >= 4 is 5.69 Å². The van der Waals surface area contributed by atoms with Crippen LogP contribution >= 0.6 is 0 Å². The van der Waals surface area contributed by atoms with Crippen LogP contribution < -0.4 is 9.64 Å². The molecule has 180 valence electrons. The summed E-state index contributed by atoms with van der Waals surface area (Å²) >= 11 is 0. The summed E-state index contributed by atoms with van der Waals surface area (Å²) in [5.74, 6) is -1.70. The highest BCUT2D eigenvalue weighted by Gasteiger charge is 2.44. The summed E-state index contributed by atoms with van der Waals surface area (Å²) in [5, 5.41) is 32.7. The SMILES string of the molecule is Cc1cccc(N2CCC(O)(CN3CC[C@H](O)[C@@](O)(COc4cc(F)ccc4F)C3)CC2)c1. The Balaban J connectivity index is 1.35. The lowest BCUT2D eigenvalue weighted by Crippen LogP contribution is -2.62. The summed E-state index contributed by atoms with van der Waals surface area (Å²) in [5.41, 5.74) is -0.219. The number of β-amino-alcohol motifs (C(OH)–C–C–N with tert-alkyl or cyclic N) is 2. The monoisotopic (exact) mass is 462 g/mol. The molecule has 2 aromatic rings. The standard InChI is InChI=1S/C25H32F2N2O4/c1-18-3-2-4-20(13-18)29-11-8-24(31,9-12-29)15-28-10-7-23(30)25(32,16-28)17-33-22-14-19(26)5-6-21(22)27/h2-6,13-14,23,30-32H,7-12,15-17H2,1H3/t23-,25-/m0/s1. The lowest BCUT2D eigenvalue weighted by Gasteiger charge is -2.46. The Labute approximate surface area is 193 Å². The quantitative estimate of drug-likeness (QED) is 0.613. The van der Waals surface area contributed by atoms with E-state index < -0.39 is 28.9 Å². The summed E-state index contributed by atoms with van der Waals surface area (Å²) in [6.07, 6.45) is 0.396. The lowest BCUT2D eigenvalue weighted by atomic mass is 9.86. The third kappa shape index (κ3) is 5.63. The predicted octanol–water partition coefficient (Wildman–Crippen LogP) is 2.48. The topological polar surface area (TPSA) is 76.4 Å². The van der Waals surface area contributed by atoms with E-state index in [4.69, 9.17) is 4.74 Å². The average molecular weight is 463 g/mol. The van der Waals surface area contributed by atoms with Gasteiger partial charge in [-0.15, -0.1) is 0 Å². The number of aliphatic hydroxyl groups excluding tert-OH is 1. The molecule has 0 spiro atoms. The van der Waals surface area contributed by atoms with Gasteiger partial charge < -0.3 is 25.0 Å². The minimum Gasteiger partial charge on any atom is -0.487 e. The molecule has 3 N–H and O–H groups in total. The number of anilines is 1. The second-order valence-corrected chi connectivity index (χ2v) is 9.53. The van der Waals surface area contributed by atoms with Gasteiger partial charge in [-0.1, -0.05) is 12.1 Å². The number of likely N-dealkylation sites (tertiary alicyclic amines) is 1. The van der Waals surface area contributed by atoms with E-state index in [-0.39, 0.29) is 25.3 Å². The van der Waals surface area contributed by atoms with Gasteiger partial charge in [-0.25, -0.2) is 8.78 Å². The second kappa shape index (κ2) is 9.54. The highest BCUT2D eigenvalue weighted by Crippen LogP contribution is 2.31. The first-order valence-corrected chi connectivity index (χ1v) is 11.4. The van der Waals surface area contributed by atoms with Gasteiger partial charge in [0.15, 0.2) is 11.6 Å². The van der Waals surface area contributed by atoms with E-state index in [0.717, 1.165) is 37.0 Å². The van der Waals surface area contributed by atoms with Crippen LogP contribution in [0.5, 0.6) is 5.75 Å². The fraction of sp³-hybridized carbons (Fsp3) is 0.520. The maximum Gasteiger partial charge on any atom is 0.165 e. The Morgan fingerprint density at radius 2 is 1.82 bits per heavy atom. The summed E-state index contributed by atoms with van der Waals surface area (Å²) in [4.78, 5) is 4.18. The van der Waals surface area contributed by atoms with Crippen molar-refractivity contribution in [3.63, 3.8) is 0 Å². The molecule has 0 bridgehead atoms. The fourth-order valence-electron chi connectivity index (χ4n) is 4.79. The average Bonchev–Trinajstić information content (AvgIpc) is 2.77. The molecule has 2 aliphatic heterocycles. The Hall–Kier alpha value is -2.26. The number of aryl methyl sites for hydroxylation is 1. The van der Waals surface area contributed by atoms with E-state index in [1.807, 2.05) is 11.0 Å². The smallest absolute Gasteiger partial charge is 0.165 e. The number of hydrogen-bond acceptors (Lipinski definition) is 6. The van der Waals surface area contributed by atoms with Crippen molar-refractivity contribution in [3.8, 4) is 5.75 Å². The number of benzene rings is 2. The molecule has 4 rings (SSSR count). The molecule has 2 saturated heterocycles. The summed E-state index contributed by atoms with van der Waals surface area (Å²) < 4.78 is 32.6. The van der Waals surface area contributed by atoms with Gasteiger partial charge in [0.1, 0.15) is 18.0 Å². The first-order valence-electron chi connectivity index (χ1n) is 11.4. The molecule has 0 aromatic heterocycles. The summed E-state index contributed by atoms with van der Waals surface area (Å²) in [6, 6.07) is 11.2. The van der Waals surface area contributed by atoms with Gasteiger partial charge in [0.25, 0.3) is 0 Å². The van der Waals surface area contributed by atoms with E-state index in [1.54, 1.807) is 0 Å². The number of hydrogen-bond donors (Lipinski definition) is 3. The van der Waals surface area contributed by atoms with Gasteiger partial charge in [0.2, 0.25) is 0 Å². The van der Waals surface area contributed by atoms with Crippen LogP contribution in [0.2, 0.25) is 0 Å². The molecule has 0 radical (unpaired) electrons. The molecule has 0 unspecified atom stereocenters. The van der Waals surface area contributed by atoms with Crippen LogP contribution in [0.25, 0.3) is 0 Å². The van der Waals surface area contributed by atoms with E-state index in [2.05, 4.69) is 30.0 Å².